The van der Waals surface area contributed by atoms with Crippen LogP contribution in [0.4, 0.5) is 0 Å². The number of piperazine rings is 1. The van der Waals surface area contributed by atoms with Gasteiger partial charge in [0.2, 0.25) is 11.9 Å². The van der Waals surface area contributed by atoms with Gasteiger partial charge in [-0.2, -0.15) is 0 Å². The Balaban J connectivity index is 1.56. The number of fused-ring (bicyclic) bond motifs is 1. The molecule has 4 aromatic rings. The van der Waals surface area contributed by atoms with Crippen molar-refractivity contribution in [3.63, 3.8) is 0 Å². The summed E-state index contributed by atoms with van der Waals surface area (Å²) in [4.78, 5) is 35.9. The Hall–Kier alpha value is -3.85. The molecule has 9 heteroatoms. The molecule has 0 bridgehead atoms. The van der Waals surface area contributed by atoms with Crippen LogP contribution in [-0.4, -0.2) is 61.3 Å². The molecule has 1 aliphatic rings. The number of carbonyl (C=O) groups excluding carboxylic acids is 2. The summed E-state index contributed by atoms with van der Waals surface area (Å²) in [5, 5.41) is 3.49. The third-order valence-electron chi connectivity index (χ3n) is 5.61. The summed E-state index contributed by atoms with van der Waals surface area (Å²) in [7, 11) is -1.24. The summed E-state index contributed by atoms with van der Waals surface area (Å²) in [5.41, 5.74) is 3.02. The first-order chi connectivity index (χ1) is 16.0. The Morgan fingerprint density at radius 2 is 1.82 bits per heavy atom. The third-order valence-corrected chi connectivity index (χ3v) is 6.56. The van der Waals surface area contributed by atoms with Crippen LogP contribution >= 0.6 is 0 Å². The maximum atomic E-state index is 13.0. The Labute approximate surface area is 192 Å². The number of nitrogens with one attached hydrogen (secondary N) is 1. The molecule has 1 unspecified atom stereocenters. The quantitative estimate of drug-likeness (QED) is 0.506. The number of benzene rings is 2. The fourth-order valence-corrected chi connectivity index (χ4v) is 4.68. The van der Waals surface area contributed by atoms with Crippen LogP contribution < -0.4 is 5.32 Å². The summed E-state index contributed by atoms with van der Waals surface area (Å²) in [6.07, 6.45) is 6.85. The topological polar surface area (TPSA) is 97.2 Å². The molecule has 3 heterocycles. The summed E-state index contributed by atoms with van der Waals surface area (Å²) >= 11 is 0. The average molecular weight is 460 g/mol. The number of carbonyl (C=O) groups is 2. The predicted molar refractivity (Wildman–Crippen MR) is 126 cm³/mol. The molecule has 0 saturated carbocycles. The zero-order chi connectivity index (χ0) is 22.9. The first-order valence-electron chi connectivity index (χ1n) is 10.4. The van der Waals surface area contributed by atoms with Crippen LogP contribution in [0, 0.1) is 0 Å². The van der Waals surface area contributed by atoms with E-state index >= 15 is 0 Å². The summed E-state index contributed by atoms with van der Waals surface area (Å²) in [5.74, 6) is 0.0203. The second-order valence-corrected chi connectivity index (χ2v) is 9.11. The standard InChI is InChI=1S/C24H21N5O3S/c1-33(32)21-14-29(24-26-12-18(13-27-24)16-5-3-2-4-6-16)20-11-17(7-8-19(20)21)23(31)28-10-9-25-22(30)15-28/h2-8,11-14H,9-10,15H2,1H3,(H,25,30). The van der Waals surface area contributed by atoms with Gasteiger partial charge in [-0.05, 0) is 17.7 Å². The van der Waals surface area contributed by atoms with E-state index in [1.165, 1.54) is 4.90 Å². The lowest BCUT2D eigenvalue weighted by molar-refractivity contribution is -0.123. The maximum Gasteiger partial charge on any atom is 0.254 e. The summed E-state index contributed by atoms with van der Waals surface area (Å²) in [6.45, 7) is 0.924. The first kappa shape index (κ1) is 21.0. The van der Waals surface area contributed by atoms with Crippen LogP contribution in [0.2, 0.25) is 0 Å². The van der Waals surface area contributed by atoms with Gasteiger partial charge in [-0.3, -0.25) is 18.4 Å². The van der Waals surface area contributed by atoms with Crippen molar-refractivity contribution in [2.75, 3.05) is 25.9 Å². The highest BCUT2D eigenvalue weighted by Crippen LogP contribution is 2.28. The van der Waals surface area contributed by atoms with Crippen molar-refractivity contribution >= 4 is 33.5 Å². The highest BCUT2D eigenvalue weighted by molar-refractivity contribution is 7.84. The molecule has 1 N–H and O–H groups in total. The number of amides is 2. The van der Waals surface area contributed by atoms with Crippen molar-refractivity contribution in [2.45, 2.75) is 4.90 Å². The third kappa shape index (κ3) is 4.03. The van der Waals surface area contributed by atoms with Gasteiger partial charge < -0.3 is 10.2 Å². The largest absolute Gasteiger partial charge is 0.353 e. The summed E-state index contributed by atoms with van der Waals surface area (Å²) < 4.78 is 14.1. The van der Waals surface area contributed by atoms with Gasteiger partial charge in [0.05, 0.1) is 27.8 Å². The molecule has 2 aromatic heterocycles. The van der Waals surface area contributed by atoms with Gasteiger partial charge in [-0.25, -0.2) is 9.97 Å². The molecule has 5 rings (SSSR count). The highest BCUT2D eigenvalue weighted by Gasteiger charge is 2.23. The van der Waals surface area contributed by atoms with Gasteiger partial charge in [-0.15, -0.1) is 0 Å². The predicted octanol–water partition coefficient (Wildman–Crippen LogP) is 2.40. The SMILES string of the molecule is CS(=O)c1cn(-c2ncc(-c3ccccc3)cn2)c2cc(C(=O)N3CCNC(=O)C3)ccc12. The van der Waals surface area contributed by atoms with Crippen molar-refractivity contribution in [3.8, 4) is 17.1 Å². The monoisotopic (exact) mass is 459 g/mol. The minimum absolute atomic E-state index is 0.0339. The summed E-state index contributed by atoms with van der Waals surface area (Å²) in [6, 6.07) is 15.1. The molecule has 33 heavy (non-hydrogen) atoms. The average Bonchev–Trinajstić information content (AvgIpc) is 3.23. The second kappa shape index (κ2) is 8.59. The van der Waals surface area contributed by atoms with Gasteiger partial charge in [0.1, 0.15) is 0 Å². The van der Waals surface area contributed by atoms with E-state index in [-0.39, 0.29) is 18.4 Å². The molecule has 2 amide bonds. The van der Waals surface area contributed by atoms with E-state index in [2.05, 4.69) is 15.3 Å². The van der Waals surface area contributed by atoms with Crippen LogP contribution in [0.25, 0.3) is 28.0 Å². The van der Waals surface area contributed by atoms with Crippen LogP contribution in [0.15, 0.2) is 72.0 Å². The van der Waals surface area contributed by atoms with Crippen LogP contribution in [-0.2, 0) is 15.6 Å². The minimum atomic E-state index is -1.24. The van der Waals surface area contributed by atoms with E-state index in [1.54, 1.807) is 47.6 Å². The molecule has 1 saturated heterocycles. The first-order valence-corrected chi connectivity index (χ1v) is 12.0. The van der Waals surface area contributed by atoms with Gasteiger partial charge in [-0.1, -0.05) is 36.4 Å². The van der Waals surface area contributed by atoms with E-state index in [9.17, 15) is 13.8 Å². The van der Waals surface area contributed by atoms with Crippen molar-refractivity contribution in [2.24, 2.45) is 0 Å². The van der Waals surface area contributed by atoms with E-state index < -0.39 is 10.8 Å². The van der Waals surface area contributed by atoms with Gasteiger partial charge in [0, 0.05) is 54.4 Å². The van der Waals surface area contributed by atoms with E-state index in [0.29, 0.717) is 35.0 Å². The lowest BCUT2D eigenvalue weighted by atomic mass is 10.1. The molecule has 0 spiro atoms. The molecule has 1 fully saturated rings. The maximum absolute atomic E-state index is 13.0. The van der Waals surface area contributed by atoms with Crippen molar-refractivity contribution in [1.82, 2.24) is 24.8 Å². The Morgan fingerprint density at radius 3 is 2.52 bits per heavy atom. The van der Waals surface area contributed by atoms with Crippen LogP contribution in [0.3, 0.4) is 0 Å². The lowest BCUT2D eigenvalue weighted by Crippen LogP contribution is -2.49. The molecular weight excluding hydrogens is 438 g/mol. The van der Waals surface area contributed by atoms with Gasteiger partial charge in [0.25, 0.3) is 5.91 Å². The zero-order valence-electron chi connectivity index (χ0n) is 17.9. The zero-order valence-corrected chi connectivity index (χ0v) is 18.7. The number of hydrogen-bond donors (Lipinski definition) is 1. The Kier molecular flexibility index (Phi) is 5.47. The van der Waals surface area contributed by atoms with Crippen molar-refractivity contribution in [3.05, 3.63) is 72.7 Å². The minimum Gasteiger partial charge on any atom is -0.353 e. The molecule has 1 aliphatic heterocycles. The number of nitrogens with zero attached hydrogens (tertiary/aromatic N) is 4. The smallest absolute Gasteiger partial charge is 0.254 e. The van der Waals surface area contributed by atoms with Gasteiger partial charge >= 0.3 is 0 Å². The van der Waals surface area contributed by atoms with Crippen LogP contribution in [0.5, 0.6) is 0 Å². The van der Waals surface area contributed by atoms with E-state index in [0.717, 1.165) is 16.5 Å². The van der Waals surface area contributed by atoms with Crippen LogP contribution in [0.1, 0.15) is 10.4 Å². The molecule has 8 nitrogen and oxygen atoms in total. The molecule has 166 valence electrons. The molecule has 0 aliphatic carbocycles. The fraction of sp³-hybridized carbons (Fsp3) is 0.167. The molecule has 2 aromatic carbocycles. The number of hydrogen-bond acceptors (Lipinski definition) is 5. The Bertz CT molecular complexity index is 1380. The van der Waals surface area contributed by atoms with Crippen molar-refractivity contribution in [1.29, 1.82) is 0 Å². The van der Waals surface area contributed by atoms with Gasteiger partial charge in [0.15, 0.2) is 0 Å². The second-order valence-electron chi connectivity index (χ2n) is 7.76. The van der Waals surface area contributed by atoms with Crippen molar-refractivity contribution < 1.29 is 13.8 Å². The molecular formula is C24H21N5O3S. The lowest BCUT2D eigenvalue weighted by Gasteiger charge is -2.26. The molecule has 1 atom stereocenters. The fourth-order valence-electron chi connectivity index (χ4n) is 3.94. The van der Waals surface area contributed by atoms with E-state index in [4.69, 9.17) is 0 Å². The molecule has 0 radical (unpaired) electrons. The Morgan fingerprint density at radius 1 is 1.06 bits per heavy atom. The highest BCUT2D eigenvalue weighted by atomic mass is 32.2. The van der Waals surface area contributed by atoms with E-state index in [1.807, 2.05) is 30.3 Å². The number of rotatable bonds is 4. The normalized spacial score (nSPS) is 14.8. The number of aromatic nitrogens is 3.